The highest BCUT2D eigenvalue weighted by Gasteiger charge is 2.09. The molecule has 0 atom stereocenters. The van der Waals surface area contributed by atoms with Crippen LogP contribution in [0.25, 0.3) is 0 Å². The maximum atomic E-state index is 6.05. The Morgan fingerprint density at radius 1 is 1.04 bits per heavy atom. The maximum Gasteiger partial charge on any atom is 0.125 e. The lowest BCUT2D eigenvalue weighted by Gasteiger charge is -2.15. The highest BCUT2D eigenvalue weighted by atomic mass is 35.5. The molecule has 4 nitrogen and oxygen atoms in total. The lowest BCUT2D eigenvalue weighted by molar-refractivity contribution is 0.139. The lowest BCUT2D eigenvalue weighted by Crippen LogP contribution is -2.03. The Hall–Kier alpha value is -1.39. The fraction of sp³-hybridized carbons (Fsp3) is 0.571. The minimum absolute atomic E-state index is 0.210. The highest BCUT2D eigenvalue weighted by molar-refractivity contribution is 6.55. The van der Waals surface area contributed by atoms with E-state index >= 15 is 0 Å². The maximum absolute atomic E-state index is 6.05. The van der Waals surface area contributed by atoms with E-state index in [9.17, 15) is 0 Å². The first-order valence-corrected chi connectivity index (χ1v) is 10.2. The van der Waals surface area contributed by atoms with Crippen LogP contribution in [0.15, 0.2) is 27.9 Å². The SMILES string of the molecule is CCc1cc(OCC=C(Cl)Cl)cc(C)c1OCCCCCCON=C(C)C. The van der Waals surface area contributed by atoms with E-state index in [1.807, 2.05) is 32.9 Å². The Morgan fingerprint density at radius 2 is 1.74 bits per heavy atom. The summed E-state index contributed by atoms with van der Waals surface area (Å²) in [6, 6.07) is 4.00. The summed E-state index contributed by atoms with van der Waals surface area (Å²) < 4.78 is 11.9. The van der Waals surface area contributed by atoms with Crippen LogP contribution in [0.4, 0.5) is 0 Å². The van der Waals surface area contributed by atoms with E-state index in [0.29, 0.717) is 19.8 Å². The number of halogens is 2. The second-order valence-electron chi connectivity index (χ2n) is 6.52. The van der Waals surface area contributed by atoms with Gasteiger partial charge in [-0.1, -0.05) is 35.3 Å². The standard InChI is InChI=1S/C21H31Cl2NO3/c1-5-18-15-19(25-13-10-20(22)23)14-17(4)21(18)26-11-8-6-7-9-12-27-24-16(2)3/h10,14-15H,5-9,11-13H2,1-4H3. The molecule has 1 aromatic carbocycles. The van der Waals surface area contributed by atoms with E-state index in [4.69, 9.17) is 37.5 Å². The van der Waals surface area contributed by atoms with Crippen molar-refractivity contribution < 1.29 is 14.3 Å². The van der Waals surface area contributed by atoms with Gasteiger partial charge in [-0.05, 0) is 82.2 Å². The van der Waals surface area contributed by atoms with Gasteiger partial charge in [-0.15, -0.1) is 0 Å². The van der Waals surface area contributed by atoms with Crippen molar-refractivity contribution in [2.75, 3.05) is 19.8 Å². The first kappa shape index (κ1) is 23.6. The zero-order valence-corrected chi connectivity index (χ0v) is 18.3. The van der Waals surface area contributed by atoms with Crippen LogP contribution in [-0.4, -0.2) is 25.5 Å². The Kier molecular flexibility index (Phi) is 12.0. The van der Waals surface area contributed by atoms with Gasteiger partial charge in [-0.2, -0.15) is 0 Å². The van der Waals surface area contributed by atoms with Crippen molar-refractivity contribution in [1.29, 1.82) is 0 Å². The summed E-state index contributed by atoms with van der Waals surface area (Å²) in [5, 5.41) is 3.93. The summed E-state index contributed by atoms with van der Waals surface area (Å²) in [5.74, 6) is 1.76. The van der Waals surface area contributed by atoms with Gasteiger partial charge in [-0.25, -0.2) is 0 Å². The van der Waals surface area contributed by atoms with Crippen LogP contribution < -0.4 is 9.47 Å². The molecule has 0 saturated carbocycles. The molecule has 0 radical (unpaired) electrons. The highest BCUT2D eigenvalue weighted by Crippen LogP contribution is 2.30. The largest absolute Gasteiger partial charge is 0.493 e. The third-order valence-corrected chi connectivity index (χ3v) is 4.13. The molecule has 0 aromatic heterocycles. The number of nitrogens with zero attached hydrogens (tertiary/aromatic N) is 1. The summed E-state index contributed by atoms with van der Waals surface area (Å²) in [5.41, 5.74) is 3.17. The van der Waals surface area contributed by atoms with Gasteiger partial charge in [0.1, 0.15) is 29.2 Å². The molecule has 0 unspecified atom stereocenters. The van der Waals surface area contributed by atoms with Crippen molar-refractivity contribution in [2.45, 2.75) is 59.8 Å². The number of aryl methyl sites for hydroxylation is 2. The molecule has 1 rings (SSSR count). The zero-order chi connectivity index (χ0) is 20.1. The van der Waals surface area contributed by atoms with Crippen LogP contribution in [0.3, 0.4) is 0 Å². The van der Waals surface area contributed by atoms with Gasteiger partial charge < -0.3 is 14.3 Å². The molecule has 1 aromatic rings. The minimum atomic E-state index is 0.210. The molecule has 27 heavy (non-hydrogen) atoms. The monoisotopic (exact) mass is 415 g/mol. The molecular weight excluding hydrogens is 385 g/mol. The number of unbranched alkanes of at least 4 members (excludes halogenated alkanes) is 3. The van der Waals surface area contributed by atoms with Crippen LogP contribution in [-0.2, 0) is 11.3 Å². The quantitative estimate of drug-likeness (QED) is 0.206. The molecule has 0 saturated heterocycles. The molecule has 6 heteroatoms. The second kappa shape index (κ2) is 13.7. The molecule has 0 aliphatic heterocycles. The predicted molar refractivity (Wildman–Crippen MR) is 115 cm³/mol. The van der Waals surface area contributed by atoms with Gasteiger partial charge in [0.2, 0.25) is 0 Å². The van der Waals surface area contributed by atoms with E-state index < -0.39 is 0 Å². The summed E-state index contributed by atoms with van der Waals surface area (Å²) in [6.45, 7) is 9.74. The predicted octanol–water partition coefficient (Wildman–Crippen LogP) is 6.61. The fourth-order valence-electron chi connectivity index (χ4n) is 2.54. The van der Waals surface area contributed by atoms with Crippen molar-refractivity contribution in [3.05, 3.63) is 33.8 Å². The summed E-state index contributed by atoms with van der Waals surface area (Å²) in [6.07, 6.45) is 6.78. The van der Waals surface area contributed by atoms with E-state index in [0.717, 1.165) is 60.4 Å². The molecule has 0 heterocycles. The zero-order valence-electron chi connectivity index (χ0n) is 16.8. The van der Waals surface area contributed by atoms with Crippen LogP contribution in [0.5, 0.6) is 11.5 Å². The van der Waals surface area contributed by atoms with E-state index in [2.05, 4.69) is 12.1 Å². The first-order valence-electron chi connectivity index (χ1n) is 9.47. The van der Waals surface area contributed by atoms with Crippen LogP contribution in [0.2, 0.25) is 0 Å². The van der Waals surface area contributed by atoms with Gasteiger partial charge in [0.25, 0.3) is 0 Å². The average Bonchev–Trinajstić information content (AvgIpc) is 2.60. The normalized spacial score (nSPS) is 10.3. The Labute approximate surface area is 173 Å². The Morgan fingerprint density at radius 3 is 2.37 bits per heavy atom. The van der Waals surface area contributed by atoms with Gasteiger partial charge in [0.15, 0.2) is 0 Å². The average molecular weight is 416 g/mol. The van der Waals surface area contributed by atoms with Crippen molar-refractivity contribution >= 4 is 28.9 Å². The van der Waals surface area contributed by atoms with E-state index in [1.165, 1.54) is 0 Å². The number of hydrogen-bond acceptors (Lipinski definition) is 4. The number of hydrogen-bond donors (Lipinski definition) is 0. The smallest absolute Gasteiger partial charge is 0.125 e. The lowest BCUT2D eigenvalue weighted by atomic mass is 10.1. The first-order chi connectivity index (χ1) is 12.9. The molecule has 0 aliphatic carbocycles. The van der Waals surface area contributed by atoms with Crippen LogP contribution in [0, 0.1) is 6.92 Å². The summed E-state index contributed by atoms with van der Waals surface area (Å²) in [4.78, 5) is 5.20. The molecule has 152 valence electrons. The van der Waals surface area contributed by atoms with Gasteiger partial charge >= 0.3 is 0 Å². The molecule has 0 bridgehead atoms. The summed E-state index contributed by atoms with van der Waals surface area (Å²) >= 11 is 11.2. The third kappa shape index (κ3) is 10.5. The molecule has 0 amide bonds. The van der Waals surface area contributed by atoms with E-state index in [1.54, 1.807) is 6.08 Å². The number of rotatable bonds is 13. The van der Waals surface area contributed by atoms with Crippen LogP contribution >= 0.6 is 23.2 Å². The molecular formula is C21H31Cl2NO3. The molecule has 0 aliphatic rings. The van der Waals surface area contributed by atoms with Crippen LogP contribution in [0.1, 0.15) is 57.6 Å². The van der Waals surface area contributed by atoms with Crippen molar-refractivity contribution in [2.24, 2.45) is 5.16 Å². The fourth-order valence-corrected chi connectivity index (χ4v) is 2.66. The Bertz CT molecular complexity index is 622. The molecule has 0 spiro atoms. The topological polar surface area (TPSA) is 40.0 Å². The minimum Gasteiger partial charge on any atom is -0.493 e. The van der Waals surface area contributed by atoms with Crippen molar-refractivity contribution in [3.63, 3.8) is 0 Å². The van der Waals surface area contributed by atoms with Crippen molar-refractivity contribution in [3.8, 4) is 11.5 Å². The Balaban J connectivity index is 2.39. The third-order valence-electron chi connectivity index (χ3n) is 3.82. The van der Waals surface area contributed by atoms with Gasteiger partial charge in [-0.3, -0.25) is 0 Å². The van der Waals surface area contributed by atoms with E-state index in [-0.39, 0.29) is 4.49 Å². The molecule has 0 fully saturated rings. The number of ether oxygens (including phenoxy) is 2. The van der Waals surface area contributed by atoms with Crippen molar-refractivity contribution in [1.82, 2.24) is 0 Å². The van der Waals surface area contributed by atoms with Gasteiger partial charge in [0, 0.05) is 0 Å². The number of oxime groups is 1. The number of benzene rings is 1. The molecule has 0 N–H and O–H groups in total. The second-order valence-corrected chi connectivity index (χ2v) is 7.53. The van der Waals surface area contributed by atoms with Gasteiger partial charge in [0.05, 0.1) is 12.3 Å². The summed E-state index contributed by atoms with van der Waals surface area (Å²) in [7, 11) is 0.